The molecule has 5 nitrogen and oxygen atoms in total. The van der Waals surface area contributed by atoms with E-state index in [0.717, 1.165) is 31.5 Å². The molecule has 0 saturated carbocycles. The van der Waals surface area contributed by atoms with Gasteiger partial charge in [0.15, 0.2) is 0 Å². The van der Waals surface area contributed by atoms with E-state index in [0.29, 0.717) is 12.0 Å². The quantitative estimate of drug-likeness (QED) is 0.316. The highest BCUT2D eigenvalue weighted by molar-refractivity contribution is 7.88. The maximum atomic E-state index is 12.3. The largest absolute Gasteiger partial charge is 1.00 e. The van der Waals surface area contributed by atoms with Crippen LogP contribution in [0.2, 0.25) is 0 Å². The van der Waals surface area contributed by atoms with Gasteiger partial charge < -0.3 is 21.5 Å². The number of carbonyl (C=O) groups excluding carboxylic acids is 1. The maximum absolute atomic E-state index is 12.3. The Labute approximate surface area is 169 Å². The van der Waals surface area contributed by atoms with Crippen molar-refractivity contribution in [2.45, 2.75) is 50.5 Å². The fraction of sp³-hybridized carbons (Fsp3) is 0.611. The van der Waals surface area contributed by atoms with Crippen molar-refractivity contribution in [1.82, 2.24) is 0 Å². The molecule has 1 N–H and O–H groups in total. The van der Waals surface area contributed by atoms with Crippen molar-refractivity contribution in [3.8, 4) is 5.75 Å². The minimum atomic E-state index is -5.69. The van der Waals surface area contributed by atoms with Gasteiger partial charge in [-0.15, -0.1) is 0 Å². The van der Waals surface area contributed by atoms with Crippen molar-refractivity contribution < 1.29 is 47.9 Å². The number of halogens is 4. The maximum Gasteiger partial charge on any atom is 0.534 e. The number of unbranched alkanes of at least 4 members (excludes halogenated alkanes) is 1. The molecule has 0 aliphatic carbocycles. The van der Waals surface area contributed by atoms with Crippen LogP contribution in [-0.4, -0.2) is 39.3 Å². The molecule has 0 unspecified atom stereocenters. The van der Waals surface area contributed by atoms with Crippen molar-refractivity contribution in [3.63, 3.8) is 0 Å². The molecule has 0 spiro atoms. The summed E-state index contributed by atoms with van der Waals surface area (Å²) in [6.07, 6.45) is 4.81. The number of benzene rings is 1. The Morgan fingerprint density at radius 3 is 2.25 bits per heavy atom. The van der Waals surface area contributed by atoms with E-state index >= 15 is 0 Å². The van der Waals surface area contributed by atoms with Crippen molar-refractivity contribution >= 4 is 15.9 Å². The first-order valence-electron chi connectivity index (χ1n) is 9.07. The summed E-state index contributed by atoms with van der Waals surface area (Å²) < 4.78 is 63.0. The van der Waals surface area contributed by atoms with Gasteiger partial charge in [0.05, 0.1) is 19.6 Å². The molecular formula is C18H25ClF3NO4S. The molecule has 2 rings (SSSR count). The third-order valence-corrected chi connectivity index (χ3v) is 5.85. The molecule has 1 aromatic carbocycles. The molecule has 1 fully saturated rings. The third kappa shape index (κ3) is 6.93. The van der Waals surface area contributed by atoms with Gasteiger partial charge in [0, 0.05) is 25.2 Å². The van der Waals surface area contributed by atoms with Crippen LogP contribution in [-0.2, 0) is 14.9 Å². The van der Waals surface area contributed by atoms with Crippen molar-refractivity contribution in [1.29, 1.82) is 0 Å². The minimum absolute atomic E-state index is 0. The minimum Gasteiger partial charge on any atom is -1.00 e. The Kier molecular flexibility index (Phi) is 9.23. The van der Waals surface area contributed by atoms with Gasteiger partial charge in [0.2, 0.25) is 0 Å². The number of hydrogen-bond acceptors (Lipinski definition) is 4. The van der Waals surface area contributed by atoms with Gasteiger partial charge in [-0.05, 0) is 30.5 Å². The Morgan fingerprint density at radius 2 is 1.71 bits per heavy atom. The van der Waals surface area contributed by atoms with Gasteiger partial charge in [0.1, 0.15) is 11.5 Å². The SMILES string of the molecule is C[C@@H](C(=O)CCCC[NH+]1CCCC1)c1ccc(OS(=O)(=O)C(F)(F)F)cc1.[Cl-]. The van der Waals surface area contributed by atoms with E-state index in [-0.39, 0.29) is 18.2 Å². The van der Waals surface area contributed by atoms with E-state index in [4.69, 9.17) is 0 Å². The van der Waals surface area contributed by atoms with Gasteiger partial charge in [-0.1, -0.05) is 19.1 Å². The molecule has 0 radical (unpaired) electrons. The second kappa shape index (κ2) is 10.5. The van der Waals surface area contributed by atoms with E-state index in [9.17, 15) is 26.4 Å². The molecular weight excluding hydrogens is 419 g/mol. The second-order valence-electron chi connectivity index (χ2n) is 6.90. The van der Waals surface area contributed by atoms with Crippen LogP contribution in [0, 0.1) is 0 Å². The Bertz CT molecular complexity index is 732. The lowest BCUT2D eigenvalue weighted by Crippen LogP contribution is -3.09. The standard InChI is InChI=1S/C18H24F3NO4S.ClH/c1-14(17(23)6-2-3-11-22-12-4-5-13-22)15-7-9-16(10-8-15)26-27(24,25)18(19,20)21;/h7-10,14H,2-6,11-13H2,1H3;1H/t14-;/m1./s1. The summed E-state index contributed by atoms with van der Waals surface area (Å²) in [6, 6.07) is 5.08. The zero-order chi connectivity index (χ0) is 20.1. The highest BCUT2D eigenvalue weighted by atomic mass is 35.5. The molecule has 1 saturated heterocycles. The number of nitrogens with one attached hydrogen (secondary N) is 1. The highest BCUT2D eigenvalue weighted by Crippen LogP contribution is 2.28. The smallest absolute Gasteiger partial charge is 0.534 e. The molecule has 0 bridgehead atoms. The first-order valence-corrected chi connectivity index (χ1v) is 10.5. The Morgan fingerprint density at radius 1 is 1.14 bits per heavy atom. The van der Waals surface area contributed by atoms with Crippen LogP contribution in [0.5, 0.6) is 5.75 Å². The Balaban J connectivity index is 0.00000392. The molecule has 160 valence electrons. The summed E-state index contributed by atoms with van der Waals surface area (Å²) in [4.78, 5) is 13.9. The molecule has 1 aliphatic heterocycles. The second-order valence-corrected chi connectivity index (χ2v) is 8.44. The van der Waals surface area contributed by atoms with Gasteiger partial charge in [-0.2, -0.15) is 21.6 Å². The summed E-state index contributed by atoms with van der Waals surface area (Å²) in [5, 5.41) is 0. The Hall–Kier alpha value is -1.32. The average molecular weight is 444 g/mol. The van der Waals surface area contributed by atoms with Gasteiger partial charge >= 0.3 is 15.6 Å². The number of likely N-dealkylation sites (tertiary alicyclic amines) is 1. The molecule has 10 heteroatoms. The van der Waals surface area contributed by atoms with Crippen LogP contribution >= 0.6 is 0 Å². The lowest BCUT2D eigenvalue weighted by atomic mass is 9.93. The first-order chi connectivity index (χ1) is 12.6. The van der Waals surface area contributed by atoms with Crippen LogP contribution in [0.15, 0.2) is 24.3 Å². The highest BCUT2D eigenvalue weighted by Gasteiger charge is 2.48. The predicted octanol–water partition coefficient (Wildman–Crippen LogP) is -0.559. The van der Waals surface area contributed by atoms with E-state index < -0.39 is 27.3 Å². The molecule has 1 aromatic rings. The average Bonchev–Trinajstić information content (AvgIpc) is 3.10. The molecule has 0 aromatic heterocycles. The number of ketones is 1. The van der Waals surface area contributed by atoms with E-state index in [1.165, 1.54) is 38.1 Å². The van der Waals surface area contributed by atoms with Gasteiger partial charge in [-0.3, -0.25) is 4.79 Å². The number of carbonyl (C=O) groups is 1. The van der Waals surface area contributed by atoms with Crippen LogP contribution in [0.3, 0.4) is 0 Å². The topological polar surface area (TPSA) is 64.9 Å². The fourth-order valence-electron chi connectivity index (χ4n) is 3.19. The van der Waals surface area contributed by atoms with Crippen LogP contribution < -0.4 is 21.5 Å². The summed E-state index contributed by atoms with van der Waals surface area (Å²) in [6.45, 7) is 5.24. The summed E-state index contributed by atoms with van der Waals surface area (Å²) in [7, 11) is -5.69. The fourth-order valence-corrected chi connectivity index (χ4v) is 3.65. The number of hydrogen-bond donors (Lipinski definition) is 1. The van der Waals surface area contributed by atoms with E-state index in [1.807, 2.05) is 0 Å². The van der Waals surface area contributed by atoms with Crippen LogP contribution in [0.25, 0.3) is 0 Å². The summed E-state index contributed by atoms with van der Waals surface area (Å²) in [5.74, 6) is -0.787. The summed E-state index contributed by atoms with van der Waals surface area (Å²) in [5.41, 5.74) is -4.87. The third-order valence-electron chi connectivity index (χ3n) is 4.87. The van der Waals surface area contributed by atoms with Crippen molar-refractivity contribution in [3.05, 3.63) is 29.8 Å². The number of Topliss-reactive ketones (excluding diaryl/α,β-unsaturated/α-hetero) is 1. The van der Waals surface area contributed by atoms with E-state index in [2.05, 4.69) is 4.18 Å². The molecule has 0 amide bonds. The monoisotopic (exact) mass is 443 g/mol. The molecule has 1 heterocycles. The lowest BCUT2D eigenvalue weighted by Gasteiger charge is -2.14. The van der Waals surface area contributed by atoms with Gasteiger partial charge in [-0.25, -0.2) is 0 Å². The number of quaternary nitrogens is 1. The normalized spacial score (nSPS) is 16.4. The van der Waals surface area contributed by atoms with Crippen LogP contribution in [0.1, 0.15) is 50.5 Å². The van der Waals surface area contributed by atoms with E-state index in [1.54, 1.807) is 11.8 Å². The zero-order valence-electron chi connectivity index (χ0n) is 15.6. The number of rotatable bonds is 9. The zero-order valence-corrected chi connectivity index (χ0v) is 17.2. The van der Waals surface area contributed by atoms with Gasteiger partial charge in [0.25, 0.3) is 0 Å². The molecule has 1 aliphatic rings. The van der Waals surface area contributed by atoms with Crippen LogP contribution in [0.4, 0.5) is 13.2 Å². The molecule has 1 atom stereocenters. The summed E-state index contributed by atoms with van der Waals surface area (Å²) >= 11 is 0. The first kappa shape index (κ1) is 24.7. The van der Waals surface area contributed by atoms with Crippen molar-refractivity contribution in [2.75, 3.05) is 19.6 Å². The van der Waals surface area contributed by atoms with Crippen molar-refractivity contribution in [2.24, 2.45) is 0 Å². The lowest BCUT2D eigenvalue weighted by molar-refractivity contribution is -0.887. The number of alkyl halides is 3. The predicted molar refractivity (Wildman–Crippen MR) is 94.1 cm³/mol. The molecule has 28 heavy (non-hydrogen) atoms.